The number of amides is 2. The van der Waals surface area contributed by atoms with Gasteiger partial charge in [-0.3, -0.25) is 9.69 Å². The van der Waals surface area contributed by atoms with Gasteiger partial charge in [0, 0.05) is 105 Å². The van der Waals surface area contributed by atoms with Gasteiger partial charge in [0.05, 0.1) is 37.2 Å². The number of hydrogen-bond donors (Lipinski definition) is 3. The van der Waals surface area contributed by atoms with E-state index in [1.165, 1.54) is 12.0 Å². The van der Waals surface area contributed by atoms with Crippen LogP contribution in [0.3, 0.4) is 0 Å². The SMILES string of the molecule is COc1ccc(CN2C3CC2CN(c2ccc(-c4cc(OCCCCCN5C[C@H](NC(=O)[C@H](CCCn6ccnc6N)NC(=O)OC(C)(C)C)C6(CC6)C5)cn5ncc(C#N)c45)cn2)C3)cn1. The van der Waals surface area contributed by atoms with Gasteiger partial charge in [0.2, 0.25) is 11.8 Å². The van der Waals surface area contributed by atoms with Crippen molar-refractivity contribution in [3.63, 3.8) is 0 Å². The van der Waals surface area contributed by atoms with E-state index in [0.717, 1.165) is 93.8 Å². The highest BCUT2D eigenvalue weighted by Crippen LogP contribution is 2.53. The third-order valence-corrected chi connectivity index (χ3v) is 13.8. The molecule has 67 heavy (non-hydrogen) atoms. The Labute approximate surface area is 391 Å². The number of nitrogens with one attached hydrogen (secondary N) is 2. The van der Waals surface area contributed by atoms with Crippen LogP contribution in [0.25, 0.3) is 16.6 Å². The first-order valence-corrected chi connectivity index (χ1v) is 23.7. The van der Waals surface area contributed by atoms with E-state index in [1.54, 1.807) is 51.0 Å². The fourth-order valence-corrected chi connectivity index (χ4v) is 10.1. The third kappa shape index (κ3) is 10.6. The van der Waals surface area contributed by atoms with Crippen LogP contribution in [0.4, 0.5) is 16.6 Å². The summed E-state index contributed by atoms with van der Waals surface area (Å²) in [5.41, 5.74) is 9.50. The van der Waals surface area contributed by atoms with Gasteiger partial charge in [-0.1, -0.05) is 6.07 Å². The Morgan fingerprint density at radius 1 is 1.00 bits per heavy atom. The Balaban J connectivity index is 0.750. The highest BCUT2D eigenvalue weighted by molar-refractivity contribution is 5.86. The molecule has 354 valence electrons. The van der Waals surface area contributed by atoms with Gasteiger partial charge in [-0.2, -0.15) is 10.4 Å². The van der Waals surface area contributed by atoms with Gasteiger partial charge in [0.1, 0.15) is 29.3 Å². The van der Waals surface area contributed by atoms with Crippen LogP contribution in [-0.2, 0) is 22.6 Å². The number of likely N-dealkylation sites (tertiary alicyclic amines) is 1. The predicted molar refractivity (Wildman–Crippen MR) is 252 cm³/mol. The lowest BCUT2D eigenvalue weighted by Gasteiger charge is -2.56. The normalized spacial score (nSPS) is 20.3. The number of nitrogens with two attached hydrogens (primary N) is 1. The molecule has 1 aliphatic carbocycles. The zero-order chi connectivity index (χ0) is 46.7. The van der Waals surface area contributed by atoms with Crippen LogP contribution in [0.2, 0.25) is 0 Å². The number of methoxy groups -OCH3 is 1. The molecule has 5 aromatic rings. The molecule has 18 heteroatoms. The number of piperidine rings is 1. The minimum atomic E-state index is -0.738. The summed E-state index contributed by atoms with van der Waals surface area (Å²) < 4.78 is 20.6. The number of anilines is 2. The maximum absolute atomic E-state index is 13.8. The highest BCUT2D eigenvalue weighted by atomic mass is 16.6. The number of rotatable bonds is 19. The molecule has 1 saturated carbocycles. The summed E-state index contributed by atoms with van der Waals surface area (Å²) in [6.45, 7) is 11.9. The summed E-state index contributed by atoms with van der Waals surface area (Å²) in [4.78, 5) is 47.4. The molecule has 4 N–H and O–H groups in total. The first-order valence-electron chi connectivity index (χ1n) is 23.7. The van der Waals surface area contributed by atoms with Crippen molar-refractivity contribution < 1.29 is 23.8 Å². The van der Waals surface area contributed by atoms with Gasteiger partial charge >= 0.3 is 6.09 Å². The summed E-state index contributed by atoms with van der Waals surface area (Å²) >= 11 is 0. The average Bonchev–Trinajstić information content (AvgIpc) is 3.59. The number of pyridine rings is 3. The molecule has 4 saturated heterocycles. The number of piperazine rings is 1. The number of unbranched alkanes of at least 4 members (excludes halogenated alkanes) is 2. The monoisotopic (exact) mass is 914 g/mol. The third-order valence-electron chi connectivity index (χ3n) is 13.8. The molecular formula is C49H63N13O5. The summed E-state index contributed by atoms with van der Waals surface area (Å²) in [5.74, 6) is 2.49. The van der Waals surface area contributed by atoms with Gasteiger partial charge in [0.25, 0.3) is 0 Å². The summed E-state index contributed by atoms with van der Waals surface area (Å²) in [6, 6.07) is 12.7. The fourth-order valence-electron chi connectivity index (χ4n) is 10.1. The number of aromatic nitrogens is 6. The zero-order valence-corrected chi connectivity index (χ0v) is 39.1. The number of ether oxygens (including phenoxy) is 3. The molecule has 5 fully saturated rings. The number of carbonyl (C=O) groups excluding carboxylic acids is 2. The van der Waals surface area contributed by atoms with Crippen molar-refractivity contribution in [1.29, 1.82) is 5.26 Å². The summed E-state index contributed by atoms with van der Waals surface area (Å²) in [7, 11) is 1.63. The molecule has 4 atom stereocenters. The van der Waals surface area contributed by atoms with Crippen molar-refractivity contribution in [1.82, 2.24) is 49.6 Å². The van der Waals surface area contributed by atoms with Crippen molar-refractivity contribution in [2.45, 2.75) is 115 Å². The van der Waals surface area contributed by atoms with Crippen LogP contribution in [-0.4, -0.2) is 127 Å². The molecule has 18 nitrogen and oxygen atoms in total. The standard InChI is InChI=1S/C49H63N13O5/c1-48(2,3)67-47(64)56-40(9-8-18-59-19-16-52-46(59)51)45(63)57-41-31-58(32-49(41)14-15-49)17-6-5-7-20-66-38-22-39(44-35(23-50)26-55-62(44)30-38)34-11-12-42(53-25-34)60-28-36-21-37(29-60)61(36)27-33-10-13-43(65-4)54-24-33/h10-13,16,19,22,24-26,30,36-37,40-41H,5-9,14-15,17-18,20-21,27-29,31-32H2,1-4H3,(H2,51,52)(H,56,64)(H,57,63)/t36?,37?,40-,41-/m0/s1. The average molecular weight is 914 g/mol. The maximum Gasteiger partial charge on any atom is 0.408 e. The first kappa shape index (κ1) is 45.7. The molecule has 9 heterocycles. The largest absolute Gasteiger partial charge is 0.492 e. The Morgan fingerprint density at radius 3 is 2.52 bits per heavy atom. The van der Waals surface area contributed by atoms with E-state index in [9.17, 15) is 14.9 Å². The van der Waals surface area contributed by atoms with Crippen LogP contribution < -0.4 is 30.7 Å². The molecule has 0 aromatic carbocycles. The predicted octanol–water partition coefficient (Wildman–Crippen LogP) is 5.42. The lowest BCUT2D eigenvalue weighted by Crippen LogP contribution is -2.68. The molecule has 2 amide bonds. The zero-order valence-electron chi connectivity index (χ0n) is 39.1. The smallest absolute Gasteiger partial charge is 0.408 e. The molecule has 5 aromatic heterocycles. The fraction of sp³-hybridized carbons (Fsp3) is 0.531. The van der Waals surface area contributed by atoms with Crippen LogP contribution >= 0.6 is 0 Å². The Morgan fingerprint density at radius 2 is 1.84 bits per heavy atom. The number of nitrogens with zero attached hydrogens (tertiary/aromatic N) is 10. The van der Waals surface area contributed by atoms with Crippen LogP contribution in [0.1, 0.15) is 83.3 Å². The quantitative estimate of drug-likeness (QED) is 0.0886. The maximum atomic E-state index is 13.8. The Kier molecular flexibility index (Phi) is 13.2. The minimum Gasteiger partial charge on any atom is -0.492 e. The summed E-state index contributed by atoms with van der Waals surface area (Å²) in [6.07, 6.45) is 17.3. The van der Waals surface area contributed by atoms with E-state index in [4.69, 9.17) is 24.9 Å². The molecule has 5 aliphatic rings. The first-order chi connectivity index (χ1) is 32.4. The van der Waals surface area contributed by atoms with E-state index in [-0.39, 0.29) is 17.4 Å². The lowest BCUT2D eigenvalue weighted by molar-refractivity contribution is -0.124. The number of alkyl carbamates (subject to hydrolysis) is 1. The lowest BCUT2D eigenvalue weighted by atomic mass is 9.87. The number of imidazole rings is 1. The van der Waals surface area contributed by atoms with Gasteiger partial charge < -0.3 is 44.9 Å². The summed E-state index contributed by atoms with van der Waals surface area (Å²) in [5, 5.41) is 20.6. The Bertz CT molecular complexity index is 2550. The molecule has 10 rings (SSSR count). The minimum absolute atomic E-state index is 0.0191. The second kappa shape index (κ2) is 19.4. The number of aryl methyl sites for hydroxylation is 1. The van der Waals surface area contributed by atoms with Gasteiger partial charge in [0.15, 0.2) is 5.95 Å². The second-order valence-electron chi connectivity index (χ2n) is 19.7. The molecule has 0 radical (unpaired) electrons. The Hall–Kier alpha value is -6.45. The molecule has 2 bridgehead atoms. The van der Waals surface area contributed by atoms with Gasteiger partial charge in [-0.05, 0) is 102 Å². The number of nitrogen functional groups attached to an aromatic ring is 1. The highest BCUT2D eigenvalue weighted by Gasteiger charge is 2.55. The number of carbonyl (C=O) groups is 2. The van der Waals surface area contributed by atoms with Crippen LogP contribution in [0.15, 0.2) is 67.5 Å². The second-order valence-corrected chi connectivity index (χ2v) is 19.7. The molecule has 4 aliphatic heterocycles. The van der Waals surface area contributed by atoms with Gasteiger partial charge in [-0.25, -0.2) is 24.3 Å². The van der Waals surface area contributed by atoms with E-state index < -0.39 is 17.7 Å². The molecule has 2 unspecified atom stereocenters. The topological polar surface area (TPSA) is 206 Å². The number of nitriles is 1. The van der Waals surface area contributed by atoms with Crippen LogP contribution in [0, 0.1) is 16.7 Å². The van der Waals surface area contributed by atoms with E-state index in [2.05, 4.69) is 64.7 Å². The number of hydrogen-bond acceptors (Lipinski definition) is 14. The van der Waals surface area contributed by atoms with E-state index in [1.807, 2.05) is 35.3 Å². The van der Waals surface area contributed by atoms with E-state index in [0.29, 0.717) is 61.2 Å². The van der Waals surface area contributed by atoms with Crippen molar-refractivity contribution in [2.75, 3.05) is 57.1 Å². The van der Waals surface area contributed by atoms with Crippen molar-refractivity contribution >= 4 is 29.3 Å². The molecule has 1 spiro atoms. The van der Waals surface area contributed by atoms with Crippen molar-refractivity contribution in [3.8, 4) is 28.8 Å². The van der Waals surface area contributed by atoms with Crippen LogP contribution in [0.5, 0.6) is 11.6 Å². The van der Waals surface area contributed by atoms with Crippen molar-refractivity contribution in [2.24, 2.45) is 5.41 Å². The van der Waals surface area contributed by atoms with Gasteiger partial charge in [-0.15, -0.1) is 0 Å². The molecular weight excluding hydrogens is 851 g/mol. The van der Waals surface area contributed by atoms with E-state index >= 15 is 0 Å². The number of fused-ring (bicyclic) bond motifs is 3. The van der Waals surface area contributed by atoms with Crippen molar-refractivity contribution in [3.05, 3.63) is 78.6 Å².